The second-order valence-corrected chi connectivity index (χ2v) is 8.18. The Bertz CT molecular complexity index is 1310. The fourth-order valence-corrected chi connectivity index (χ4v) is 4.33. The number of esters is 1. The maximum absolute atomic E-state index is 12.7. The molecule has 0 fully saturated rings. The van der Waals surface area contributed by atoms with Crippen molar-refractivity contribution in [3.05, 3.63) is 70.0 Å². The SMILES string of the molecule is CCOC(=O)c1cc2cc(-c3csc(C(=O)NCc4ccc(OC)cc4OC)c3)ccc2[nH]1. The third-order valence-electron chi connectivity index (χ3n) is 5.21. The molecule has 0 bridgehead atoms. The van der Waals surface area contributed by atoms with Gasteiger partial charge in [0.2, 0.25) is 0 Å². The van der Waals surface area contributed by atoms with E-state index in [0.717, 1.165) is 27.6 Å². The molecule has 0 spiro atoms. The number of methoxy groups -OCH3 is 2. The summed E-state index contributed by atoms with van der Waals surface area (Å²) in [6.45, 7) is 2.44. The van der Waals surface area contributed by atoms with E-state index in [0.29, 0.717) is 35.2 Å². The van der Waals surface area contributed by atoms with Crippen LogP contribution in [0.2, 0.25) is 0 Å². The number of hydrogen-bond acceptors (Lipinski definition) is 6. The molecule has 0 atom stereocenters. The summed E-state index contributed by atoms with van der Waals surface area (Å²) >= 11 is 1.38. The Kier molecular flexibility index (Phi) is 6.65. The first-order valence-electron chi connectivity index (χ1n) is 10.4. The lowest BCUT2D eigenvalue weighted by atomic mass is 10.1. The van der Waals surface area contributed by atoms with Crippen LogP contribution in [-0.2, 0) is 11.3 Å². The molecule has 0 saturated heterocycles. The fraction of sp³-hybridized carbons (Fsp3) is 0.200. The summed E-state index contributed by atoms with van der Waals surface area (Å²) in [6.07, 6.45) is 0. The third kappa shape index (κ3) is 4.85. The minimum atomic E-state index is -0.377. The van der Waals surface area contributed by atoms with Gasteiger partial charge in [0.25, 0.3) is 5.91 Å². The van der Waals surface area contributed by atoms with Gasteiger partial charge in [-0.05, 0) is 59.8 Å². The van der Waals surface area contributed by atoms with Crippen LogP contribution in [0.25, 0.3) is 22.0 Å². The molecule has 2 heterocycles. The van der Waals surface area contributed by atoms with E-state index in [4.69, 9.17) is 14.2 Å². The van der Waals surface area contributed by atoms with Gasteiger partial charge in [0.1, 0.15) is 17.2 Å². The van der Waals surface area contributed by atoms with Crippen molar-refractivity contribution in [2.45, 2.75) is 13.5 Å². The van der Waals surface area contributed by atoms with Crippen molar-refractivity contribution in [1.29, 1.82) is 0 Å². The van der Waals surface area contributed by atoms with Gasteiger partial charge in [-0.3, -0.25) is 4.79 Å². The van der Waals surface area contributed by atoms with Crippen LogP contribution in [0.5, 0.6) is 11.5 Å². The van der Waals surface area contributed by atoms with E-state index >= 15 is 0 Å². The molecule has 0 unspecified atom stereocenters. The molecule has 1 amide bonds. The predicted molar refractivity (Wildman–Crippen MR) is 128 cm³/mol. The van der Waals surface area contributed by atoms with Crippen LogP contribution in [0, 0.1) is 0 Å². The predicted octanol–water partition coefficient (Wildman–Crippen LogP) is 5.02. The Hall–Kier alpha value is -3.78. The number of nitrogens with one attached hydrogen (secondary N) is 2. The highest BCUT2D eigenvalue weighted by Crippen LogP contribution is 2.29. The molecule has 0 aliphatic rings. The zero-order valence-electron chi connectivity index (χ0n) is 18.6. The summed E-state index contributed by atoms with van der Waals surface area (Å²) < 4.78 is 15.7. The number of rotatable bonds is 8. The highest BCUT2D eigenvalue weighted by Gasteiger charge is 2.14. The molecule has 33 heavy (non-hydrogen) atoms. The number of fused-ring (bicyclic) bond motifs is 1. The molecule has 2 N–H and O–H groups in total. The number of hydrogen-bond donors (Lipinski definition) is 2. The van der Waals surface area contributed by atoms with Gasteiger partial charge in [-0.1, -0.05) is 6.07 Å². The van der Waals surface area contributed by atoms with Crippen molar-refractivity contribution in [2.75, 3.05) is 20.8 Å². The number of carbonyl (C=O) groups excluding carboxylic acids is 2. The Balaban J connectivity index is 1.47. The van der Waals surface area contributed by atoms with Gasteiger partial charge < -0.3 is 24.5 Å². The highest BCUT2D eigenvalue weighted by molar-refractivity contribution is 7.12. The lowest BCUT2D eigenvalue weighted by Crippen LogP contribution is -2.22. The van der Waals surface area contributed by atoms with Crippen LogP contribution in [0.15, 0.2) is 53.9 Å². The monoisotopic (exact) mass is 464 g/mol. The maximum atomic E-state index is 12.7. The third-order valence-corrected chi connectivity index (χ3v) is 6.14. The van der Waals surface area contributed by atoms with E-state index in [-0.39, 0.29) is 11.9 Å². The van der Waals surface area contributed by atoms with E-state index in [1.807, 2.05) is 41.8 Å². The van der Waals surface area contributed by atoms with Crippen molar-refractivity contribution in [2.24, 2.45) is 0 Å². The van der Waals surface area contributed by atoms with Gasteiger partial charge in [0.05, 0.1) is 25.7 Å². The second-order valence-electron chi connectivity index (χ2n) is 7.27. The molecule has 8 heteroatoms. The fourth-order valence-electron chi connectivity index (χ4n) is 3.50. The number of H-pyrrole nitrogens is 1. The van der Waals surface area contributed by atoms with Crippen LogP contribution < -0.4 is 14.8 Å². The second kappa shape index (κ2) is 9.79. The molecule has 0 aliphatic carbocycles. The Morgan fingerprint density at radius 3 is 2.61 bits per heavy atom. The van der Waals surface area contributed by atoms with Crippen LogP contribution >= 0.6 is 11.3 Å². The Morgan fingerprint density at radius 1 is 1.00 bits per heavy atom. The summed E-state index contributed by atoms with van der Waals surface area (Å²) in [7, 11) is 3.18. The number of thiophene rings is 1. The molecule has 7 nitrogen and oxygen atoms in total. The van der Waals surface area contributed by atoms with E-state index in [2.05, 4.69) is 10.3 Å². The number of carbonyl (C=O) groups is 2. The van der Waals surface area contributed by atoms with Gasteiger partial charge >= 0.3 is 5.97 Å². The molecule has 170 valence electrons. The van der Waals surface area contributed by atoms with Crippen molar-refractivity contribution in [3.63, 3.8) is 0 Å². The average molecular weight is 465 g/mol. The van der Waals surface area contributed by atoms with E-state index in [1.165, 1.54) is 11.3 Å². The quantitative estimate of drug-likeness (QED) is 0.358. The van der Waals surface area contributed by atoms with Crippen LogP contribution in [0.3, 0.4) is 0 Å². The van der Waals surface area contributed by atoms with Crippen molar-refractivity contribution >= 4 is 34.1 Å². The molecule has 2 aromatic heterocycles. The molecule has 0 aliphatic heterocycles. The number of ether oxygens (including phenoxy) is 3. The topological polar surface area (TPSA) is 89.7 Å². The first-order valence-corrected chi connectivity index (χ1v) is 11.3. The first-order chi connectivity index (χ1) is 16.0. The zero-order valence-corrected chi connectivity index (χ0v) is 19.4. The highest BCUT2D eigenvalue weighted by atomic mass is 32.1. The molecule has 4 aromatic rings. The lowest BCUT2D eigenvalue weighted by molar-refractivity contribution is 0.0520. The summed E-state index contributed by atoms with van der Waals surface area (Å²) in [4.78, 5) is 28.4. The normalized spacial score (nSPS) is 10.8. The van der Waals surface area contributed by atoms with E-state index < -0.39 is 0 Å². The molecule has 4 rings (SSSR count). The molecular formula is C25H24N2O5S. The molecule has 0 radical (unpaired) electrons. The van der Waals surface area contributed by atoms with Gasteiger partial charge in [-0.15, -0.1) is 11.3 Å². The summed E-state index contributed by atoms with van der Waals surface area (Å²) in [6, 6.07) is 15.0. The van der Waals surface area contributed by atoms with Crippen molar-refractivity contribution < 1.29 is 23.8 Å². The van der Waals surface area contributed by atoms with Crippen LogP contribution in [0.1, 0.15) is 32.6 Å². The standard InChI is InChI=1S/C25H24N2O5S/c1-4-32-25(29)21-10-17-9-15(6-8-20(17)27-21)18-11-23(33-14-18)24(28)26-13-16-5-7-19(30-2)12-22(16)31-3/h5-12,14,27H,4,13H2,1-3H3,(H,26,28). The van der Waals surface area contributed by atoms with E-state index in [1.54, 1.807) is 33.3 Å². The van der Waals surface area contributed by atoms with Crippen molar-refractivity contribution in [1.82, 2.24) is 10.3 Å². The van der Waals surface area contributed by atoms with Gasteiger partial charge in [0, 0.05) is 29.1 Å². The smallest absolute Gasteiger partial charge is 0.354 e. The molecular weight excluding hydrogens is 440 g/mol. The minimum Gasteiger partial charge on any atom is -0.497 e. The largest absolute Gasteiger partial charge is 0.497 e. The summed E-state index contributed by atoms with van der Waals surface area (Å²) in [5.41, 5.74) is 4.03. The number of amides is 1. The van der Waals surface area contributed by atoms with Gasteiger partial charge in [0.15, 0.2) is 0 Å². The van der Waals surface area contributed by atoms with Gasteiger partial charge in [-0.25, -0.2) is 4.79 Å². The lowest BCUT2D eigenvalue weighted by Gasteiger charge is -2.11. The number of aromatic amines is 1. The summed E-state index contributed by atoms with van der Waals surface area (Å²) in [5, 5.41) is 5.79. The van der Waals surface area contributed by atoms with Crippen molar-refractivity contribution in [3.8, 4) is 22.6 Å². The zero-order chi connectivity index (χ0) is 23.4. The Morgan fingerprint density at radius 2 is 1.85 bits per heavy atom. The van der Waals surface area contributed by atoms with Gasteiger partial charge in [-0.2, -0.15) is 0 Å². The van der Waals surface area contributed by atoms with Crippen LogP contribution in [0.4, 0.5) is 0 Å². The van der Waals surface area contributed by atoms with Crippen LogP contribution in [-0.4, -0.2) is 37.7 Å². The average Bonchev–Trinajstić information content (AvgIpc) is 3.49. The first kappa shape index (κ1) is 22.4. The molecule has 0 saturated carbocycles. The molecule has 2 aromatic carbocycles. The Labute approximate surface area is 195 Å². The van der Waals surface area contributed by atoms with E-state index in [9.17, 15) is 9.59 Å². The number of benzene rings is 2. The summed E-state index contributed by atoms with van der Waals surface area (Å²) in [5.74, 6) is 0.816. The number of aromatic nitrogens is 1. The minimum absolute atomic E-state index is 0.156. The maximum Gasteiger partial charge on any atom is 0.354 e.